The van der Waals surface area contributed by atoms with Crippen molar-refractivity contribution in [2.24, 2.45) is 5.73 Å². The first-order chi connectivity index (χ1) is 12.4. The molecule has 26 heavy (non-hydrogen) atoms. The molecule has 6 N–H and O–H groups in total. The lowest BCUT2D eigenvalue weighted by Gasteiger charge is -2.22. The van der Waals surface area contributed by atoms with Gasteiger partial charge in [-0.25, -0.2) is 19.3 Å². The van der Waals surface area contributed by atoms with Crippen molar-refractivity contribution >= 4 is 17.0 Å². The van der Waals surface area contributed by atoms with Crippen LogP contribution < -0.4 is 11.5 Å². The van der Waals surface area contributed by atoms with E-state index in [0.29, 0.717) is 11.2 Å². The van der Waals surface area contributed by atoms with E-state index in [2.05, 4.69) is 15.0 Å². The standard InChI is InChI=1S/C15H22FN7O3/c1-22(4-8(16)2-3-17)5-9-11(24)12(25)15(26-9)23-7-21-10-13(18)19-6-20-14(10)23/h2,6-7,9,11-12,15,24-25H,3-5,17H2,1H3,(H2,18,19,20)/b8-2-/t9-,11-,12-,15-/m1/s1. The van der Waals surface area contributed by atoms with Crippen molar-refractivity contribution in [1.82, 2.24) is 24.4 Å². The summed E-state index contributed by atoms with van der Waals surface area (Å²) in [4.78, 5) is 13.7. The average molecular weight is 367 g/mol. The molecule has 0 amide bonds. The minimum Gasteiger partial charge on any atom is -0.387 e. The van der Waals surface area contributed by atoms with Gasteiger partial charge in [-0.3, -0.25) is 9.47 Å². The number of fused-ring (bicyclic) bond motifs is 1. The zero-order valence-corrected chi connectivity index (χ0v) is 14.2. The number of nitrogens with two attached hydrogens (primary N) is 2. The van der Waals surface area contributed by atoms with Crippen molar-refractivity contribution in [1.29, 1.82) is 0 Å². The lowest BCUT2D eigenvalue weighted by molar-refractivity contribution is -0.0418. The summed E-state index contributed by atoms with van der Waals surface area (Å²) in [5, 5.41) is 20.7. The summed E-state index contributed by atoms with van der Waals surface area (Å²) in [5.74, 6) is -0.160. The number of aliphatic hydroxyl groups is 2. The molecule has 0 radical (unpaired) electrons. The Kier molecular flexibility index (Phi) is 5.44. The van der Waals surface area contributed by atoms with Crippen LogP contribution in [0.15, 0.2) is 24.6 Å². The first-order valence-electron chi connectivity index (χ1n) is 8.10. The highest BCUT2D eigenvalue weighted by molar-refractivity contribution is 5.81. The van der Waals surface area contributed by atoms with E-state index in [0.717, 1.165) is 0 Å². The van der Waals surface area contributed by atoms with Gasteiger partial charge in [-0.05, 0) is 13.1 Å². The molecule has 0 aromatic carbocycles. The van der Waals surface area contributed by atoms with E-state index >= 15 is 0 Å². The molecule has 2 aromatic heterocycles. The summed E-state index contributed by atoms with van der Waals surface area (Å²) in [6.45, 7) is 0.355. The fourth-order valence-corrected chi connectivity index (χ4v) is 2.99. The third-order valence-corrected chi connectivity index (χ3v) is 4.25. The lowest BCUT2D eigenvalue weighted by atomic mass is 10.1. The Balaban J connectivity index is 1.75. The summed E-state index contributed by atoms with van der Waals surface area (Å²) in [5.41, 5.74) is 11.8. The molecule has 0 spiro atoms. The first kappa shape index (κ1) is 18.6. The SMILES string of the molecule is CN(C/C(F)=C/CN)C[C@H]1O[C@@H](n2cnc3c(N)ncnc32)[C@H](O)[C@@H]1O. The van der Waals surface area contributed by atoms with Gasteiger partial charge in [0.1, 0.15) is 36.0 Å². The predicted molar refractivity (Wildman–Crippen MR) is 91.4 cm³/mol. The maximum absolute atomic E-state index is 13.6. The van der Waals surface area contributed by atoms with Crippen molar-refractivity contribution in [2.45, 2.75) is 24.5 Å². The Hall–Kier alpha value is -2.18. The minimum absolute atomic E-state index is 0.0301. The molecule has 3 heterocycles. The quantitative estimate of drug-likeness (QED) is 0.492. The first-order valence-corrected chi connectivity index (χ1v) is 8.10. The van der Waals surface area contributed by atoms with Crippen LogP contribution in [0.5, 0.6) is 0 Å². The molecule has 0 bridgehead atoms. The Morgan fingerprint density at radius 2 is 2.15 bits per heavy atom. The summed E-state index contributed by atoms with van der Waals surface area (Å²) in [7, 11) is 1.68. The van der Waals surface area contributed by atoms with Crippen LogP contribution in [0.25, 0.3) is 11.2 Å². The fraction of sp³-hybridized carbons (Fsp3) is 0.533. The number of aliphatic hydroxyl groups excluding tert-OH is 2. The fourth-order valence-electron chi connectivity index (χ4n) is 2.99. The van der Waals surface area contributed by atoms with Gasteiger partial charge in [0.2, 0.25) is 0 Å². The lowest BCUT2D eigenvalue weighted by Crippen LogP contribution is -2.39. The van der Waals surface area contributed by atoms with E-state index in [1.54, 1.807) is 11.9 Å². The number of halogens is 1. The van der Waals surface area contributed by atoms with E-state index in [-0.39, 0.29) is 31.3 Å². The van der Waals surface area contributed by atoms with Crippen LogP contribution >= 0.6 is 0 Å². The van der Waals surface area contributed by atoms with Crippen LogP contribution in [0.4, 0.5) is 10.2 Å². The third kappa shape index (κ3) is 3.52. The molecule has 1 aliphatic rings. The highest BCUT2D eigenvalue weighted by atomic mass is 19.1. The second kappa shape index (κ2) is 7.60. The van der Waals surface area contributed by atoms with E-state index in [4.69, 9.17) is 16.2 Å². The molecule has 3 rings (SSSR count). The van der Waals surface area contributed by atoms with E-state index < -0.39 is 24.5 Å². The van der Waals surface area contributed by atoms with Crippen LogP contribution in [0.2, 0.25) is 0 Å². The minimum atomic E-state index is -1.20. The zero-order chi connectivity index (χ0) is 18.8. The molecule has 4 atom stereocenters. The summed E-state index contributed by atoms with van der Waals surface area (Å²) in [6.07, 6.45) is 0.0146. The van der Waals surface area contributed by atoms with Gasteiger partial charge in [-0.15, -0.1) is 0 Å². The summed E-state index contributed by atoms with van der Waals surface area (Å²) in [6, 6.07) is 0. The van der Waals surface area contributed by atoms with E-state index in [9.17, 15) is 14.6 Å². The van der Waals surface area contributed by atoms with Crippen LogP contribution in [0.1, 0.15) is 6.23 Å². The highest BCUT2D eigenvalue weighted by Gasteiger charge is 2.44. The van der Waals surface area contributed by atoms with Gasteiger partial charge in [0.25, 0.3) is 0 Å². The number of hydrogen-bond acceptors (Lipinski definition) is 9. The van der Waals surface area contributed by atoms with Gasteiger partial charge in [0.05, 0.1) is 6.33 Å². The maximum atomic E-state index is 13.6. The van der Waals surface area contributed by atoms with E-state index in [1.165, 1.54) is 23.3 Å². The average Bonchev–Trinajstić information content (AvgIpc) is 3.12. The number of hydrogen-bond donors (Lipinski definition) is 4. The molecule has 0 saturated carbocycles. The molecule has 0 aliphatic carbocycles. The number of anilines is 1. The zero-order valence-electron chi connectivity index (χ0n) is 14.2. The molecular weight excluding hydrogens is 345 g/mol. The second-order valence-electron chi connectivity index (χ2n) is 6.21. The number of imidazole rings is 1. The number of ether oxygens (including phenoxy) is 1. The number of likely N-dealkylation sites (N-methyl/N-ethyl adjacent to an activating group) is 1. The monoisotopic (exact) mass is 367 g/mol. The van der Waals surface area contributed by atoms with Gasteiger partial charge in [0.15, 0.2) is 17.7 Å². The molecule has 1 saturated heterocycles. The Morgan fingerprint density at radius 1 is 1.38 bits per heavy atom. The van der Waals surface area contributed by atoms with Gasteiger partial charge in [-0.1, -0.05) is 0 Å². The number of aromatic nitrogens is 4. The van der Waals surface area contributed by atoms with Crippen molar-refractivity contribution in [2.75, 3.05) is 32.4 Å². The number of nitrogens with zero attached hydrogens (tertiary/aromatic N) is 5. The molecular formula is C15H22FN7O3. The van der Waals surface area contributed by atoms with Crippen LogP contribution in [0, 0.1) is 0 Å². The van der Waals surface area contributed by atoms with Crippen molar-refractivity contribution < 1.29 is 19.3 Å². The van der Waals surface area contributed by atoms with Gasteiger partial charge < -0.3 is 26.4 Å². The highest BCUT2D eigenvalue weighted by Crippen LogP contribution is 2.32. The molecule has 2 aromatic rings. The van der Waals surface area contributed by atoms with Gasteiger partial charge >= 0.3 is 0 Å². The number of rotatable bonds is 6. The number of nitrogen functional groups attached to an aromatic ring is 1. The molecule has 0 unspecified atom stereocenters. The largest absolute Gasteiger partial charge is 0.387 e. The van der Waals surface area contributed by atoms with Crippen molar-refractivity contribution in [3.05, 3.63) is 24.6 Å². The van der Waals surface area contributed by atoms with Crippen molar-refractivity contribution in [3.63, 3.8) is 0 Å². The molecule has 10 nitrogen and oxygen atoms in total. The topological polar surface area (TPSA) is 149 Å². The van der Waals surface area contributed by atoms with Crippen molar-refractivity contribution in [3.8, 4) is 0 Å². The van der Waals surface area contributed by atoms with E-state index in [1.807, 2.05) is 0 Å². The summed E-state index contributed by atoms with van der Waals surface area (Å²) >= 11 is 0. The predicted octanol–water partition coefficient (Wildman–Crippen LogP) is -1.23. The van der Waals surface area contributed by atoms with Gasteiger partial charge in [0, 0.05) is 19.6 Å². The molecule has 142 valence electrons. The Labute approximate surface area is 148 Å². The Morgan fingerprint density at radius 3 is 2.88 bits per heavy atom. The van der Waals surface area contributed by atoms with Crippen LogP contribution in [-0.4, -0.2) is 79.6 Å². The normalized spacial score (nSPS) is 26.9. The molecule has 11 heteroatoms. The third-order valence-electron chi connectivity index (χ3n) is 4.25. The van der Waals surface area contributed by atoms with Crippen LogP contribution in [-0.2, 0) is 4.74 Å². The molecule has 1 aliphatic heterocycles. The Bertz CT molecular complexity index is 799. The smallest absolute Gasteiger partial charge is 0.167 e. The second-order valence-corrected chi connectivity index (χ2v) is 6.21. The van der Waals surface area contributed by atoms with Crippen LogP contribution in [0.3, 0.4) is 0 Å². The summed E-state index contributed by atoms with van der Waals surface area (Å²) < 4.78 is 20.9. The maximum Gasteiger partial charge on any atom is 0.167 e. The van der Waals surface area contributed by atoms with Gasteiger partial charge in [-0.2, -0.15) is 0 Å². The molecule has 1 fully saturated rings.